The van der Waals surface area contributed by atoms with Crippen LogP contribution in [0.1, 0.15) is 10.9 Å². The highest BCUT2D eigenvalue weighted by atomic mass is 127. The Morgan fingerprint density at radius 3 is 2.64 bits per heavy atom. The zero-order chi connectivity index (χ0) is 15.9. The van der Waals surface area contributed by atoms with Crippen molar-refractivity contribution in [3.05, 3.63) is 50.2 Å². The molecule has 0 aliphatic heterocycles. The van der Waals surface area contributed by atoms with Gasteiger partial charge in [0.1, 0.15) is 5.75 Å². The summed E-state index contributed by atoms with van der Waals surface area (Å²) in [6.07, 6.45) is 0. The van der Waals surface area contributed by atoms with Gasteiger partial charge in [-0.05, 0) is 72.4 Å². The number of hydrogen-bond donors (Lipinski definition) is 1. The lowest BCUT2D eigenvalue weighted by Gasteiger charge is -2.23. The van der Waals surface area contributed by atoms with Crippen LogP contribution in [0.4, 0.5) is 0 Å². The van der Waals surface area contributed by atoms with Gasteiger partial charge in [-0.15, -0.1) is 11.3 Å². The van der Waals surface area contributed by atoms with Crippen LogP contribution in [0, 0.1) is 3.57 Å². The maximum Gasteiger partial charge on any atom is 0.258 e. The van der Waals surface area contributed by atoms with Crippen molar-refractivity contribution in [2.45, 2.75) is 6.04 Å². The largest absolute Gasteiger partial charge is 0.484 e. The van der Waals surface area contributed by atoms with Crippen LogP contribution in [0.2, 0.25) is 0 Å². The van der Waals surface area contributed by atoms with Crippen LogP contribution < -0.4 is 10.1 Å². The van der Waals surface area contributed by atoms with E-state index in [9.17, 15) is 4.79 Å². The average Bonchev–Trinajstić information content (AvgIpc) is 3.00. The van der Waals surface area contributed by atoms with Crippen molar-refractivity contribution in [2.24, 2.45) is 0 Å². The Kier molecular flexibility index (Phi) is 6.66. The molecule has 0 saturated carbocycles. The Hall–Kier alpha value is -1.12. The number of likely N-dealkylation sites (N-methyl/N-ethyl adjacent to an activating group) is 1. The molecule has 6 heteroatoms. The van der Waals surface area contributed by atoms with E-state index < -0.39 is 0 Å². The molecule has 0 fully saturated rings. The second kappa shape index (κ2) is 8.50. The Labute approximate surface area is 148 Å². The monoisotopic (exact) mass is 430 g/mol. The van der Waals surface area contributed by atoms with Crippen LogP contribution in [0.15, 0.2) is 41.8 Å². The van der Waals surface area contributed by atoms with Crippen molar-refractivity contribution < 1.29 is 9.53 Å². The lowest BCUT2D eigenvalue weighted by atomic mass is 10.2. The van der Waals surface area contributed by atoms with Gasteiger partial charge < -0.3 is 15.0 Å². The molecule has 1 heterocycles. The number of rotatable bonds is 7. The Morgan fingerprint density at radius 2 is 2.05 bits per heavy atom. The fraction of sp³-hybridized carbons (Fsp3) is 0.312. The first kappa shape index (κ1) is 17.2. The van der Waals surface area contributed by atoms with Crippen molar-refractivity contribution in [3.8, 4) is 5.75 Å². The predicted molar refractivity (Wildman–Crippen MR) is 98.4 cm³/mol. The Morgan fingerprint density at radius 1 is 1.32 bits per heavy atom. The first-order chi connectivity index (χ1) is 10.6. The van der Waals surface area contributed by atoms with Gasteiger partial charge in [0.15, 0.2) is 6.61 Å². The van der Waals surface area contributed by atoms with E-state index in [0.29, 0.717) is 12.3 Å². The molecule has 1 atom stereocenters. The van der Waals surface area contributed by atoms with Crippen molar-refractivity contribution >= 4 is 39.8 Å². The quantitative estimate of drug-likeness (QED) is 0.687. The Balaban J connectivity index is 1.80. The van der Waals surface area contributed by atoms with E-state index in [-0.39, 0.29) is 18.6 Å². The van der Waals surface area contributed by atoms with Gasteiger partial charge in [-0.25, -0.2) is 0 Å². The molecule has 0 saturated heterocycles. The van der Waals surface area contributed by atoms with Crippen molar-refractivity contribution in [1.82, 2.24) is 10.2 Å². The molecule has 0 aliphatic carbocycles. The van der Waals surface area contributed by atoms with E-state index >= 15 is 0 Å². The summed E-state index contributed by atoms with van der Waals surface area (Å²) in [6.45, 7) is 0.605. The maximum atomic E-state index is 11.9. The summed E-state index contributed by atoms with van der Waals surface area (Å²) in [6, 6.07) is 11.9. The molecule has 22 heavy (non-hydrogen) atoms. The van der Waals surface area contributed by atoms with E-state index in [1.807, 2.05) is 49.8 Å². The fourth-order valence-electron chi connectivity index (χ4n) is 1.96. The van der Waals surface area contributed by atoms with Gasteiger partial charge in [-0.1, -0.05) is 6.07 Å². The molecule has 2 rings (SSSR count). The SMILES string of the molecule is CN(C)C(CNC(=O)COc1ccc(I)cc1)c1cccs1. The van der Waals surface area contributed by atoms with Crippen LogP contribution in [-0.2, 0) is 4.79 Å². The highest BCUT2D eigenvalue weighted by Gasteiger charge is 2.16. The van der Waals surface area contributed by atoms with Crippen LogP contribution in [-0.4, -0.2) is 38.1 Å². The average molecular weight is 430 g/mol. The number of amides is 1. The normalized spacial score (nSPS) is 12.2. The highest BCUT2D eigenvalue weighted by molar-refractivity contribution is 14.1. The van der Waals surface area contributed by atoms with Crippen molar-refractivity contribution in [3.63, 3.8) is 0 Å². The second-order valence-corrected chi connectivity index (χ2v) is 7.27. The summed E-state index contributed by atoms with van der Waals surface area (Å²) in [5.41, 5.74) is 0. The molecule has 118 valence electrons. The predicted octanol–water partition coefficient (Wildman–Crippen LogP) is 3.15. The minimum Gasteiger partial charge on any atom is -0.484 e. The summed E-state index contributed by atoms with van der Waals surface area (Å²) < 4.78 is 6.62. The number of carbonyl (C=O) groups excluding carboxylic acids is 1. The third-order valence-electron chi connectivity index (χ3n) is 3.17. The summed E-state index contributed by atoms with van der Waals surface area (Å²) in [7, 11) is 4.03. The molecule has 1 unspecified atom stereocenters. The molecule has 0 bridgehead atoms. The van der Waals surface area contributed by atoms with Crippen LogP contribution in [0.25, 0.3) is 0 Å². The molecule has 0 spiro atoms. The number of thiophene rings is 1. The molecule has 0 radical (unpaired) electrons. The third-order valence-corrected chi connectivity index (χ3v) is 4.86. The molecule has 1 aromatic carbocycles. The van der Waals surface area contributed by atoms with Crippen molar-refractivity contribution in [2.75, 3.05) is 27.2 Å². The molecule has 1 amide bonds. The number of halogens is 1. The zero-order valence-corrected chi connectivity index (χ0v) is 15.6. The minimum atomic E-state index is -0.109. The van der Waals surface area contributed by atoms with Gasteiger partial charge in [-0.2, -0.15) is 0 Å². The lowest BCUT2D eigenvalue weighted by molar-refractivity contribution is -0.123. The lowest BCUT2D eigenvalue weighted by Crippen LogP contribution is -2.36. The topological polar surface area (TPSA) is 41.6 Å². The van der Waals surface area contributed by atoms with Crippen LogP contribution >= 0.6 is 33.9 Å². The van der Waals surface area contributed by atoms with Crippen molar-refractivity contribution in [1.29, 1.82) is 0 Å². The van der Waals surface area contributed by atoms with E-state index in [2.05, 4.69) is 38.9 Å². The molecular formula is C16H19IN2O2S. The number of benzene rings is 1. The van der Waals surface area contributed by atoms with E-state index in [1.54, 1.807) is 11.3 Å². The molecule has 2 aromatic rings. The summed E-state index contributed by atoms with van der Waals surface area (Å²) >= 11 is 3.93. The number of ether oxygens (including phenoxy) is 1. The van der Waals surface area contributed by atoms with Gasteiger partial charge >= 0.3 is 0 Å². The summed E-state index contributed by atoms with van der Waals surface area (Å²) in [5, 5.41) is 4.98. The smallest absolute Gasteiger partial charge is 0.258 e. The highest BCUT2D eigenvalue weighted by Crippen LogP contribution is 2.22. The van der Waals surface area contributed by atoms with Gasteiger partial charge in [0.05, 0.1) is 6.04 Å². The summed E-state index contributed by atoms with van der Waals surface area (Å²) in [5.74, 6) is 0.597. The number of nitrogens with zero attached hydrogens (tertiary/aromatic N) is 1. The molecule has 1 aromatic heterocycles. The van der Waals surface area contributed by atoms with Crippen LogP contribution in [0.3, 0.4) is 0 Å². The molecule has 1 N–H and O–H groups in total. The van der Waals surface area contributed by atoms with E-state index in [1.165, 1.54) is 4.88 Å². The van der Waals surface area contributed by atoms with Gasteiger partial charge in [-0.3, -0.25) is 4.79 Å². The zero-order valence-electron chi connectivity index (χ0n) is 12.6. The Bertz CT molecular complexity index is 585. The van der Waals surface area contributed by atoms with Gasteiger partial charge in [0.25, 0.3) is 5.91 Å². The summed E-state index contributed by atoms with van der Waals surface area (Å²) in [4.78, 5) is 15.3. The number of carbonyl (C=O) groups is 1. The number of nitrogens with one attached hydrogen (secondary N) is 1. The molecule has 0 aliphatic rings. The van der Waals surface area contributed by atoms with Gasteiger partial charge in [0.2, 0.25) is 0 Å². The first-order valence-corrected chi connectivity index (χ1v) is 8.87. The van der Waals surface area contributed by atoms with Crippen LogP contribution in [0.5, 0.6) is 5.75 Å². The molecular weight excluding hydrogens is 411 g/mol. The first-order valence-electron chi connectivity index (χ1n) is 6.91. The number of hydrogen-bond acceptors (Lipinski definition) is 4. The van der Waals surface area contributed by atoms with E-state index in [4.69, 9.17) is 4.74 Å². The third kappa shape index (κ3) is 5.26. The fourth-order valence-corrected chi connectivity index (χ4v) is 3.24. The second-order valence-electron chi connectivity index (χ2n) is 5.04. The minimum absolute atomic E-state index is 0.0329. The molecule has 4 nitrogen and oxygen atoms in total. The standard InChI is InChI=1S/C16H19IN2O2S/c1-19(2)14(15-4-3-9-22-15)10-18-16(20)11-21-13-7-5-12(17)6-8-13/h3-9,14H,10-11H2,1-2H3,(H,18,20). The van der Waals surface area contributed by atoms with Gasteiger partial charge in [0, 0.05) is 15.0 Å². The maximum absolute atomic E-state index is 11.9. The van der Waals surface area contributed by atoms with E-state index in [0.717, 1.165) is 3.57 Å².